The van der Waals surface area contributed by atoms with Crippen molar-refractivity contribution in [3.8, 4) is 0 Å². The largest absolute Gasteiger partial charge is 0.412 e. The van der Waals surface area contributed by atoms with Crippen LogP contribution >= 0.6 is 15.2 Å². The number of carbonyl (C=O) groups is 2. The fourth-order valence-electron chi connectivity index (χ4n) is 2.94. The van der Waals surface area contributed by atoms with Gasteiger partial charge in [-0.25, -0.2) is 0 Å². The van der Waals surface area contributed by atoms with Gasteiger partial charge in [-0.05, 0) is 39.8 Å². The van der Waals surface area contributed by atoms with Gasteiger partial charge in [0.2, 0.25) is 0 Å². The summed E-state index contributed by atoms with van der Waals surface area (Å²) < 4.78 is 44.1. The number of rotatable bonds is 13. The summed E-state index contributed by atoms with van der Waals surface area (Å²) in [4.78, 5) is 25.4. The van der Waals surface area contributed by atoms with Gasteiger partial charge in [0, 0.05) is 13.1 Å². The molecular formula is C20H40N4O9P2. The summed E-state index contributed by atoms with van der Waals surface area (Å²) >= 11 is 0. The number of nitrogens with zero attached hydrogens (tertiary/aromatic N) is 1. The van der Waals surface area contributed by atoms with Crippen molar-refractivity contribution in [3.63, 3.8) is 0 Å². The van der Waals surface area contributed by atoms with E-state index in [0.29, 0.717) is 37.0 Å². The van der Waals surface area contributed by atoms with Crippen LogP contribution in [-0.4, -0.2) is 74.0 Å². The molecule has 1 aliphatic heterocycles. The topological polar surface area (TPSA) is 218 Å². The molecule has 0 aliphatic carbocycles. The van der Waals surface area contributed by atoms with E-state index in [1.165, 1.54) is 0 Å². The smallest absolute Gasteiger partial charge is 0.332 e. The van der Waals surface area contributed by atoms with Crippen molar-refractivity contribution in [1.82, 2.24) is 4.90 Å². The summed E-state index contributed by atoms with van der Waals surface area (Å²) in [5.41, 5.74) is 6.00. The highest BCUT2D eigenvalue weighted by atomic mass is 31.2. The van der Waals surface area contributed by atoms with Crippen molar-refractivity contribution < 1.29 is 42.3 Å². The Bertz CT molecular complexity index is 789. The molecule has 0 bridgehead atoms. The number of amides is 2. The van der Waals surface area contributed by atoms with E-state index in [1.807, 2.05) is 0 Å². The Balaban J connectivity index is 0. The molecule has 2 amide bonds. The van der Waals surface area contributed by atoms with E-state index in [4.69, 9.17) is 23.8 Å². The van der Waals surface area contributed by atoms with E-state index >= 15 is 0 Å². The molecule has 13 nitrogen and oxygen atoms in total. The van der Waals surface area contributed by atoms with Gasteiger partial charge in [0.05, 0.1) is 49.9 Å². The lowest BCUT2D eigenvalue weighted by Gasteiger charge is -2.20. The van der Waals surface area contributed by atoms with Gasteiger partial charge in [-0.3, -0.25) is 35.3 Å². The molecular weight excluding hydrogens is 502 g/mol. The van der Waals surface area contributed by atoms with Gasteiger partial charge >= 0.3 is 15.2 Å². The quantitative estimate of drug-likeness (QED) is 0.141. The second-order valence-electron chi connectivity index (χ2n) is 6.44. The zero-order valence-electron chi connectivity index (χ0n) is 20.8. The normalized spacial score (nSPS) is 12.7. The SMILES string of the molecule is CCOP(=O)(CCN)OCC.CCOP(=O)(CCN1C(=O)c2ccccc2C1=O)OCC.NN.O. The van der Waals surface area contributed by atoms with E-state index < -0.39 is 15.2 Å². The molecule has 0 radical (unpaired) electrons. The standard InChI is InChI=1S/C14H18NO5P.C6H16NO3P.H4N2.H2O/c1-3-19-21(18,20-4-2)10-9-15-13(16)11-7-5-6-8-12(11)14(15)17;1-3-9-11(8,6-5-7)10-4-2;1-2;/h5-8H,3-4,9-10H2,1-2H3;3-7H2,1-2H3;1-2H2;1H2. The Hall–Kier alpha value is -1.50. The minimum absolute atomic E-state index is 0. The molecule has 0 saturated heterocycles. The van der Waals surface area contributed by atoms with Crippen molar-refractivity contribution >= 4 is 27.0 Å². The number of hydrogen-bond acceptors (Lipinski definition) is 11. The second-order valence-corrected chi connectivity index (χ2v) is 10.8. The van der Waals surface area contributed by atoms with Crippen LogP contribution in [0.25, 0.3) is 0 Å². The molecule has 1 aromatic carbocycles. The van der Waals surface area contributed by atoms with Crippen LogP contribution in [0.4, 0.5) is 0 Å². The van der Waals surface area contributed by atoms with Crippen LogP contribution in [0.1, 0.15) is 48.4 Å². The first-order valence-electron chi connectivity index (χ1n) is 11.0. The zero-order chi connectivity index (χ0) is 26.2. The van der Waals surface area contributed by atoms with Crippen LogP contribution in [-0.2, 0) is 27.2 Å². The number of hydrogen-bond donors (Lipinski definition) is 3. The number of hydrazine groups is 1. The van der Waals surface area contributed by atoms with E-state index in [-0.39, 0.29) is 43.2 Å². The Labute approximate surface area is 206 Å². The fraction of sp³-hybridized carbons (Fsp3) is 0.600. The van der Waals surface area contributed by atoms with Crippen LogP contribution in [0.2, 0.25) is 0 Å². The maximum Gasteiger partial charge on any atom is 0.332 e. The molecule has 1 aromatic rings. The highest BCUT2D eigenvalue weighted by Gasteiger charge is 2.37. The molecule has 15 heteroatoms. The summed E-state index contributed by atoms with van der Waals surface area (Å²) in [7, 11) is -6.11. The fourth-order valence-corrected chi connectivity index (χ4v) is 5.94. The molecule has 8 N–H and O–H groups in total. The molecule has 0 spiro atoms. The van der Waals surface area contributed by atoms with Gasteiger partial charge in [0.1, 0.15) is 0 Å². The molecule has 0 saturated carbocycles. The van der Waals surface area contributed by atoms with Crippen LogP contribution in [0.3, 0.4) is 0 Å². The Kier molecular flexibility index (Phi) is 19.1. The number of nitrogens with two attached hydrogens (primary N) is 3. The van der Waals surface area contributed by atoms with Gasteiger partial charge in [0.25, 0.3) is 11.8 Å². The maximum atomic E-state index is 12.4. The molecule has 2 rings (SSSR count). The van der Waals surface area contributed by atoms with Crippen molar-refractivity contribution in [2.45, 2.75) is 27.7 Å². The Morgan fingerprint density at radius 1 is 0.743 bits per heavy atom. The average Bonchev–Trinajstić information content (AvgIpc) is 3.05. The number of benzene rings is 1. The summed E-state index contributed by atoms with van der Waals surface area (Å²) in [6.07, 6.45) is 0.300. The third kappa shape index (κ3) is 11.4. The Morgan fingerprint density at radius 2 is 1.09 bits per heavy atom. The summed E-state index contributed by atoms with van der Waals surface area (Å²) in [6, 6.07) is 6.64. The highest BCUT2D eigenvalue weighted by molar-refractivity contribution is 7.54. The summed E-state index contributed by atoms with van der Waals surface area (Å²) in [6.45, 7) is 8.64. The molecule has 1 aliphatic rings. The van der Waals surface area contributed by atoms with E-state index in [2.05, 4.69) is 11.7 Å². The molecule has 0 unspecified atom stereocenters. The molecule has 0 aromatic heterocycles. The van der Waals surface area contributed by atoms with E-state index in [1.54, 1.807) is 52.0 Å². The number of carbonyl (C=O) groups excluding carboxylic acids is 2. The highest BCUT2D eigenvalue weighted by Crippen LogP contribution is 2.48. The molecule has 0 fully saturated rings. The number of imide groups is 1. The van der Waals surface area contributed by atoms with Gasteiger partial charge in [-0.1, -0.05) is 12.1 Å². The predicted molar refractivity (Wildman–Crippen MR) is 134 cm³/mol. The molecule has 0 atom stereocenters. The van der Waals surface area contributed by atoms with Gasteiger partial charge in [0.15, 0.2) is 0 Å². The minimum Gasteiger partial charge on any atom is -0.412 e. The van der Waals surface area contributed by atoms with Gasteiger partial charge < -0.3 is 29.3 Å². The van der Waals surface area contributed by atoms with Crippen molar-refractivity contribution in [1.29, 1.82) is 0 Å². The van der Waals surface area contributed by atoms with Crippen molar-refractivity contribution in [3.05, 3.63) is 35.4 Å². The first-order chi connectivity index (χ1) is 16.2. The van der Waals surface area contributed by atoms with Crippen LogP contribution < -0.4 is 17.4 Å². The summed E-state index contributed by atoms with van der Waals surface area (Å²) in [5.74, 6) is 7.27. The zero-order valence-corrected chi connectivity index (χ0v) is 22.6. The number of fused-ring (bicyclic) bond motifs is 1. The summed E-state index contributed by atoms with van der Waals surface area (Å²) in [5, 5.41) is 0. The lowest BCUT2D eigenvalue weighted by atomic mass is 10.1. The Morgan fingerprint density at radius 3 is 1.40 bits per heavy atom. The van der Waals surface area contributed by atoms with Crippen molar-refractivity contribution in [2.75, 3.05) is 51.8 Å². The first kappa shape index (κ1) is 35.7. The van der Waals surface area contributed by atoms with Gasteiger partial charge in [-0.2, -0.15) is 0 Å². The van der Waals surface area contributed by atoms with E-state index in [0.717, 1.165) is 4.90 Å². The lowest BCUT2D eigenvalue weighted by molar-refractivity contribution is 0.0661. The monoisotopic (exact) mass is 542 g/mol. The lowest BCUT2D eigenvalue weighted by Crippen LogP contribution is -2.32. The third-order valence-corrected chi connectivity index (χ3v) is 8.34. The van der Waals surface area contributed by atoms with E-state index in [9.17, 15) is 18.7 Å². The van der Waals surface area contributed by atoms with Gasteiger partial charge in [-0.15, -0.1) is 0 Å². The maximum absolute atomic E-state index is 12.4. The molecule has 35 heavy (non-hydrogen) atoms. The van der Waals surface area contributed by atoms with Crippen LogP contribution in [0, 0.1) is 0 Å². The second kappa shape index (κ2) is 18.7. The first-order valence-corrected chi connectivity index (χ1v) is 14.4. The average molecular weight is 543 g/mol. The minimum atomic E-state index is -3.27. The van der Waals surface area contributed by atoms with Crippen LogP contribution in [0.15, 0.2) is 24.3 Å². The molecule has 204 valence electrons. The van der Waals surface area contributed by atoms with Crippen molar-refractivity contribution in [2.24, 2.45) is 17.4 Å². The molecule has 1 heterocycles. The third-order valence-electron chi connectivity index (χ3n) is 4.18. The van der Waals surface area contributed by atoms with Crippen LogP contribution in [0.5, 0.6) is 0 Å². The predicted octanol–water partition coefficient (Wildman–Crippen LogP) is 1.75.